The van der Waals surface area contributed by atoms with Gasteiger partial charge in [-0.3, -0.25) is 24.5 Å². The van der Waals surface area contributed by atoms with Crippen molar-refractivity contribution in [3.63, 3.8) is 0 Å². The molecule has 1 aromatic carbocycles. The highest BCUT2D eigenvalue weighted by molar-refractivity contribution is 7.89. The summed E-state index contributed by atoms with van der Waals surface area (Å²) in [6.07, 6.45) is -15.4. The number of ketones is 1. The lowest BCUT2D eigenvalue weighted by Crippen LogP contribution is -2.59. The fraction of sp³-hybridized carbons (Fsp3) is 0.820. The number of likely N-dealkylation sites (N-methyl/N-ethyl adjacent to an activating group) is 1. The van der Waals surface area contributed by atoms with Crippen LogP contribution in [0.1, 0.15) is 130 Å². The number of amides is 1. The molecule has 0 radical (unpaired) electrons. The van der Waals surface area contributed by atoms with Crippen LogP contribution in [0, 0.1) is 51.5 Å². The first-order valence-corrected chi connectivity index (χ1v) is 32.3. The predicted octanol–water partition coefficient (Wildman–Crippen LogP) is 5.67. The lowest BCUT2D eigenvalue weighted by molar-refractivity contribution is -0.387. The number of nitro groups is 1. The number of oxime groups is 1. The third kappa shape index (κ3) is 19.5. The molecule has 4 aliphatic heterocycles. The van der Waals surface area contributed by atoms with Crippen molar-refractivity contribution in [2.75, 3.05) is 48.1 Å². The Labute approximate surface area is 524 Å². The van der Waals surface area contributed by atoms with E-state index >= 15 is 9.59 Å². The van der Waals surface area contributed by atoms with Gasteiger partial charge in [0, 0.05) is 76.4 Å². The summed E-state index contributed by atoms with van der Waals surface area (Å²) in [5.74, 6) is -8.53. The van der Waals surface area contributed by atoms with E-state index in [1.165, 1.54) is 61.2 Å². The average molecular weight is 1290 g/mol. The second-order valence-corrected chi connectivity index (χ2v) is 28.0. The minimum absolute atomic E-state index is 0.0529. The van der Waals surface area contributed by atoms with Crippen molar-refractivity contribution < 1.29 is 99.7 Å². The number of ether oxygens (including phenoxy) is 11. The van der Waals surface area contributed by atoms with Crippen LogP contribution in [0.3, 0.4) is 0 Å². The number of hydrogen-bond donors (Lipinski definition) is 4. The molecule has 27 nitrogen and oxygen atoms in total. The second-order valence-electron chi connectivity index (χ2n) is 26.2. The lowest BCUT2D eigenvalue weighted by atomic mass is 9.74. The topological polar surface area (TPSA) is 336 Å². The minimum Gasteiger partial charge on any atom is -0.461 e. The Hall–Kier alpha value is -4.56. The van der Waals surface area contributed by atoms with Crippen molar-refractivity contribution in [3.05, 3.63) is 34.4 Å². The lowest BCUT2D eigenvalue weighted by Gasteiger charge is -2.45. The second kappa shape index (κ2) is 32.3. The molecule has 0 saturated carbocycles. The number of carbonyl (C=O) groups is 4. The Morgan fingerprint density at radius 2 is 1.53 bits per heavy atom. The van der Waals surface area contributed by atoms with Crippen LogP contribution in [0.2, 0.25) is 0 Å². The smallest absolute Gasteiger partial charge is 0.408 e. The molecule has 4 N–H and O–H groups in total. The first kappa shape index (κ1) is 75.2. The molecule has 1 aromatic rings. The van der Waals surface area contributed by atoms with Crippen LogP contribution in [0.5, 0.6) is 0 Å². The molecular formula is C61H101N5O22S. The number of para-hydroxylation sites is 1. The number of carbonyl (C=O) groups excluding carboxylic acids is 4. The normalized spacial score (nSPS) is 36.7. The van der Waals surface area contributed by atoms with Crippen LogP contribution in [0.15, 0.2) is 34.3 Å². The van der Waals surface area contributed by atoms with Gasteiger partial charge >= 0.3 is 18.0 Å². The number of nitrogens with zero attached hydrogens (tertiary/aromatic N) is 3. The number of aliphatic hydroxyl groups is 2. The summed E-state index contributed by atoms with van der Waals surface area (Å²) in [6, 6.07) is 4.72. The number of benzene rings is 1. The van der Waals surface area contributed by atoms with Gasteiger partial charge < -0.3 is 77.4 Å². The maximum absolute atomic E-state index is 16.1. The number of rotatable bonds is 21. The van der Waals surface area contributed by atoms with Gasteiger partial charge in [-0.25, -0.2) is 17.9 Å². The minimum atomic E-state index is -4.55. The number of hydrogen-bond acceptors (Lipinski definition) is 24. The number of Topliss-reactive ketones (excluding diaryl/α,β-unsaturated/α-hetero) is 1. The maximum Gasteiger partial charge on any atom is 0.408 e. The molecular weight excluding hydrogens is 1190 g/mol. The maximum atomic E-state index is 16.1. The van der Waals surface area contributed by atoms with E-state index in [2.05, 4.69) is 20.1 Å². The van der Waals surface area contributed by atoms with E-state index in [1.54, 1.807) is 48.5 Å². The molecule has 28 heteroatoms. The molecule has 508 valence electrons. The summed E-state index contributed by atoms with van der Waals surface area (Å²) in [6.45, 7) is 25.3. The van der Waals surface area contributed by atoms with Gasteiger partial charge in [0.1, 0.15) is 43.7 Å². The van der Waals surface area contributed by atoms with Crippen LogP contribution in [0.4, 0.5) is 10.5 Å². The third-order valence-corrected chi connectivity index (χ3v) is 18.9. The highest BCUT2D eigenvalue weighted by atomic mass is 32.2. The van der Waals surface area contributed by atoms with Crippen LogP contribution in [-0.2, 0) is 81.3 Å². The SMILES string of the molecule is CON=C1C[C@@H](C)O[C@@H](OC2C(C)CC(C)(OC(=O)NC(C)(C)CNS(=O)(=O)c3ccccc3[N+](=O)[O-])C(=O)C(C)C(OC(=O)CC(C)C)C(C)C(C(C)CO[C@@H]3O[C@H](C)[C@@H](O)[C@@H](OC)[C@H]3OC)OC(=O)C(C)C(O[C@H]3C[C@H](C)N(C)C[C@H](C)O3)C2C)[C@@H]1O. The number of aliphatic hydroxyl groups excluding tert-OH is 2. The fourth-order valence-electron chi connectivity index (χ4n) is 12.5. The van der Waals surface area contributed by atoms with Crippen molar-refractivity contribution in [2.45, 2.75) is 238 Å². The molecule has 11 unspecified atom stereocenters. The number of sulfonamides is 1. The molecule has 5 rings (SSSR count). The zero-order chi connectivity index (χ0) is 66.8. The number of methoxy groups -OCH3 is 2. The van der Waals surface area contributed by atoms with Gasteiger partial charge in [0.15, 0.2) is 35.1 Å². The Balaban J connectivity index is 1.71. The molecule has 0 spiro atoms. The highest BCUT2D eigenvalue weighted by Gasteiger charge is 2.53. The van der Waals surface area contributed by atoms with Crippen LogP contribution >= 0.6 is 0 Å². The zero-order valence-corrected chi connectivity index (χ0v) is 56.1. The number of nitrogens with one attached hydrogen (secondary N) is 2. The van der Waals surface area contributed by atoms with Gasteiger partial charge in [0.05, 0.1) is 65.1 Å². The number of nitro benzene ring substituents is 1. The van der Waals surface area contributed by atoms with Crippen LogP contribution in [-0.4, -0.2) is 209 Å². The molecule has 0 aromatic heterocycles. The fourth-order valence-corrected chi connectivity index (χ4v) is 13.9. The van der Waals surface area contributed by atoms with Gasteiger partial charge in [-0.2, -0.15) is 0 Å². The van der Waals surface area contributed by atoms with E-state index in [0.29, 0.717) is 13.0 Å². The summed E-state index contributed by atoms with van der Waals surface area (Å²) >= 11 is 0. The molecule has 0 bridgehead atoms. The number of alkyl carbamates (subject to hydrolysis) is 1. The van der Waals surface area contributed by atoms with Gasteiger partial charge in [0.2, 0.25) is 10.0 Å². The molecule has 4 heterocycles. The van der Waals surface area contributed by atoms with Crippen LogP contribution in [0.25, 0.3) is 0 Å². The van der Waals surface area contributed by atoms with E-state index in [-0.39, 0.29) is 49.6 Å². The molecule has 4 fully saturated rings. The summed E-state index contributed by atoms with van der Waals surface area (Å²) in [4.78, 5) is 78.1. The Morgan fingerprint density at radius 1 is 0.876 bits per heavy atom. The van der Waals surface area contributed by atoms with Gasteiger partial charge in [-0.05, 0) is 86.8 Å². The van der Waals surface area contributed by atoms with Crippen molar-refractivity contribution in [1.29, 1.82) is 0 Å². The molecule has 0 aliphatic carbocycles. The van der Waals surface area contributed by atoms with E-state index in [9.17, 15) is 38.3 Å². The summed E-state index contributed by atoms with van der Waals surface area (Å²) < 4.78 is 99.9. The van der Waals surface area contributed by atoms with Gasteiger partial charge in [0.25, 0.3) is 5.69 Å². The Bertz CT molecular complexity index is 2670. The average Bonchev–Trinajstić information content (AvgIpc) is 1.29. The van der Waals surface area contributed by atoms with Gasteiger partial charge in [-0.1, -0.05) is 65.8 Å². The first-order chi connectivity index (χ1) is 41.5. The van der Waals surface area contributed by atoms with Crippen molar-refractivity contribution in [2.24, 2.45) is 46.6 Å². The predicted molar refractivity (Wildman–Crippen MR) is 322 cm³/mol. The number of cyclic esters (lactones) is 1. The van der Waals surface area contributed by atoms with E-state index < -0.39 is 182 Å². The first-order valence-electron chi connectivity index (χ1n) is 30.8. The molecule has 89 heavy (non-hydrogen) atoms. The van der Waals surface area contributed by atoms with E-state index in [1.807, 2.05) is 34.7 Å². The van der Waals surface area contributed by atoms with E-state index in [0.717, 1.165) is 12.1 Å². The summed E-state index contributed by atoms with van der Waals surface area (Å²) in [5.41, 5.74) is -4.16. The standard InChI is InChI=1S/C61H101N5O22S/c1-31(2)24-45(67)84-51-38(9)50(33(4)29-80-58-54(78-18)53(77-17)47(68)41(12)83-58)86-56(71)40(11)52(85-46-25-34(5)65(16)28-36(7)81-46)37(8)49(87-57-48(69)42(64-79-19)26-35(6)82-57)32(3)27-61(15,55(70)39(51)10)88-59(72)63-60(13,14)30-62-89(75,76)44-23-21-20-22-43(44)66(73)74/h20-23,31-41,46-54,57-58,62,68-69H,24-30H2,1-19H3,(H,63,72)/t32?,33?,34-,35+,36-,37?,38?,39?,40?,41+,46-,47+,48+,49?,50?,51?,52?,53+,54+,57-,58+,61?/m0/s1. The van der Waals surface area contributed by atoms with Crippen LogP contribution < -0.4 is 10.0 Å². The van der Waals surface area contributed by atoms with Gasteiger partial charge in [-0.15, -0.1) is 0 Å². The van der Waals surface area contributed by atoms with Crippen molar-refractivity contribution in [1.82, 2.24) is 14.9 Å². The monoisotopic (exact) mass is 1290 g/mol. The van der Waals surface area contributed by atoms with E-state index in [4.69, 9.17) is 56.9 Å². The molecule has 4 saturated heterocycles. The van der Waals surface area contributed by atoms with Crippen molar-refractivity contribution in [3.8, 4) is 0 Å². The highest BCUT2D eigenvalue weighted by Crippen LogP contribution is 2.41. The molecule has 4 aliphatic rings. The number of esters is 2. The Kier molecular flexibility index (Phi) is 27.3. The summed E-state index contributed by atoms with van der Waals surface area (Å²) in [7, 11) is 1.61. The third-order valence-electron chi connectivity index (χ3n) is 17.4. The zero-order valence-electron chi connectivity index (χ0n) is 55.3. The Morgan fingerprint density at radius 3 is 2.15 bits per heavy atom. The summed E-state index contributed by atoms with van der Waals surface area (Å²) in [5, 5.41) is 41.5. The molecule has 22 atom stereocenters. The molecule has 1 amide bonds. The quantitative estimate of drug-likeness (QED) is 0.0498. The largest absolute Gasteiger partial charge is 0.461 e. The van der Waals surface area contributed by atoms with Crippen molar-refractivity contribution >= 4 is 45.2 Å².